The number of para-hydroxylation sites is 4. The summed E-state index contributed by atoms with van der Waals surface area (Å²) in [7, 11) is 0. The molecule has 0 amide bonds. The van der Waals surface area contributed by atoms with E-state index in [1.807, 2.05) is 78.1 Å². The summed E-state index contributed by atoms with van der Waals surface area (Å²) >= 11 is 1.84. The van der Waals surface area contributed by atoms with Crippen molar-refractivity contribution in [3.05, 3.63) is 193 Å². The molecule has 0 aliphatic carbocycles. The maximum atomic E-state index is 6.39. The molecule has 0 spiro atoms. The number of ether oxygens (including phenoxy) is 4. The lowest BCUT2D eigenvalue weighted by atomic mass is 9.87. The molecule has 0 radical (unpaired) electrons. The normalized spacial score (nSPS) is 16.3. The van der Waals surface area contributed by atoms with Gasteiger partial charge in [0.2, 0.25) is 0 Å². The van der Waals surface area contributed by atoms with Crippen LogP contribution in [-0.4, -0.2) is 11.5 Å². The van der Waals surface area contributed by atoms with Gasteiger partial charge in [0.05, 0.1) is 11.8 Å². The predicted octanol–water partition coefficient (Wildman–Crippen LogP) is 15.2. The molecular formula is C54H36N2O4S. The molecule has 0 fully saturated rings. The minimum Gasteiger partial charge on any atom is -0.450 e. The van der Waals surface area contributed by atoms with Gasteiger partial charge in [-0.15, -0.1) is 11.3 Å². The molecule has 0 N–H and O–H groups in total. The molecule has 0 saturated heterocycles. The highest BCUT2D eigenvalue weighted by molar-refractivity contribution is 7.25. The van der Waals surface area contributed by atoms with E-state index in [-0.39, 0.29) is 12.0 Å². The zero-order valence-corrected chi connectivity index (χ0v) is 33.9. The fourth-order valence-corrected chi connectivity index (χ4v) is 9.75. The summed E-state index contributed by atoms with van der Waals surface area (Å²) in [5.41, 5.74) is 8.18. The Balaban J connectivity index is 0.986. The molecule has 292 valence electrons. The topological polar surface area (TPSA) is 61.6 Å². The van der Waals surface area contributed by atoms with Crippen molar-refractivity contribution in [3.8, 4) is 68.2 Å². The van der Waals surface area contributed by atoms with Crippen molar-refractivity contribution in [2.75, 3.05) is 0 Å². The van der Waals surface area contributed by atoms with E-state index < -0.39 is 0 Å². The number of rotatable bonds is 5. The third-order valence-corrected chi connectivity index (χ3v) is 12.9. The fraction of sp³-hybridized carbons (Fsp3) is 0.0741. The SMILES string of the molecule is C[C@@H]1CC(c2ccc3sc4ccccc4c3c2)N=C(c2ccccc2)N=C1c1cc(-c2ccc3c(c2)Oc2ccccc2O3)cc(-c2ccc3c(c2)Oc2ccccc2O3)c1. The third-order valence-electron chi connectivity index (χ3n) is 11.7. The van der Waals surface area contributed by atoms with Gasteiger partial charge in [0.1, 0.15) is 0 Å². The molecule has 0 bridgehead atoms. The Morgan fingerprint density at radius 3 is 1.59 bits per heavy atom. The van der Waals surface area contributed by atoms with Crippen molar-refractivity contribution >= 4 is 43.1 Å². The van der Waals surface area contributed by atoms with Gasteiger partial charge in [-0.05, 0) is 125 Å². The Morgan fingerprint density at radius 1 is 0.426 bits per heavy atom. The highest BCUT2D eigenvalue weighted by Crippen LogP contribution is 2.49. The van der Waals surface area contributed by atoms with Crippen LogP contribution in [0.3, 0.4) is 0 Å². The van der Waals surface area contributed by atoms with Crippen LogP contribution in [0, 0.1) is 5.92 Å². The molecular weight excluding hydrogens is 773 g/mol. The first-order chi connectivity index (χ1) is 30.1. The van der Waals surface area contributed by atoms with Crippen LogP contribution >= 0.6 is 11.3 Å². The standard InChI is InChI=1S/C54H36N2O4S/c1-32-25-42(36-21-24-52-41(29-36)40-13-5-10-18-51(40)61-52)55-54(33-11-3-2-4-12-33)56-53(32)39-27-37(34-19-22-47-49(30-34)59-45-16-8-6-14-43(45)57-47)26-38(28-39)35-20-23-48-50(31-35)60-46-17-9-7-15-44(46)58-48/h2-24,26-32,42H,25H2,1H3/t32-,42?/m1/s1. The van der Waals surface area contributed by atoms with E-state index in [1.165, 1.54) is 25.7 Å². The Labute approximate surface area is 356 Å². The van der Waals surface area contributed by atoms with Crippen LogP contribution in [0.1, 0.15) is 36.1 Å². The molecule has 8 aromatic carbocycles. The molecule has 4 heterocycles. The summed E-state index contributed by atoms with van der Waals surface area (Å²) in [6, 6.07) is 60.3. The third kappa shape index (κ3) is 6.42. The maximum absolute atomic E-state index is 6.39. The second-order valence-electron chi connectivity index (χ2n) is 15.7. The average molecular weight is 809 g/mol. The first-order valence-electron chi connectivity index (χ1n) is 20.5. The summed E-state index contributed by atoms with van der Waals surface area (Å²) in [5.74, 6) is 6.25. The minimum absolute atomic E-state index is 0.0570. The number of thiophene rings is 1. The van der Waals surface area contributed by atoms with Crippen molar-refractivity contribution in [1.82, 2.24) is 0 Å². The first-order valence-corrected chi connectivity index (χ1v) is 21.3. The molecule has 1 aromatic heterocycles. The number of benzene rings is 8. The predicted molar refractivity (Wildman–Crippen MR) is 246 cm³/mol. The van der Waals surface area contributed by atoms with E-state index in [0.717, 1.165) is 51.3 Å². The highest BCUT2D eigenvalue weighted by Gasteiger charge is 2.27. The zero-order valence-electron chi connectivity index (χ0n) is 33.0. The van der Waals surface area contributed by atoms with Gasteiger partial charge in [0, 0.05) is 31.7 Å². The fourth-order valence-electron chi connectivity index (χ4n) is 8.66. The van der Waals surface area contributed by atoms with Crippen molar-refractivity contribution in [2.24, 2.45) is 15.9 Å². The van der Waals surface area contributed by atoms with E-state index in [9.17, 15) is 0 Å². The van der Waals surface area contributed by atoms with Crippen LogP contribution in [0.5, 0.6) is 46.0 Å². The summed E-state index contributed by atoms with van der Waals surface area (Å²) in [6.07, 6.45) is 0.787. The van der Waals surface area contributed by atoms with Gasteiger partial charge in [0.25, 0.3) is 0 Å². The molecule has 3 aliphatic rings. The van der Waals surface area contributed by atoms with Gasteiger partial charge in [-0.2, -0.15) is 0 Å². The largest absolute Gasteiger partial charge is 0.450 e. The van der Waals surface area contributed by atoms with Crippen molar-refractivity contribution in [2.45, 2.75) is 19.4 Å². The Kier molecular flexibility index (Phi) is 8.35. The number of hydrogen-bond donors (Lipinski definition) is 0. The lowest BCUT2D eigenvalue weighted by Gasteiger charge is -2.22. The van der Waals surface area contributed by atoms with Crippen LogP contribution in [0.2, 0.25) is 0 Å². The van der Waals surface area contributed by atoms with E-state index in [1.54, 1.807) is 0 Å². The number of nitrogens with zero attached hydrogens (tertiary/aromatic N) is 2. The zero-order chi connectivity index (χ0) is 40.4. The van der Waals surface area contributed by atoms with Gasteiger partial charge >= 0.3 is 0 Å². The molecule has 6 nitrogen and oxygen atoms in total. The molecule has 0 saturated carbocycles. The smallest absolute Gasteiger partial charge is 0.170 e. The van der Waals surface area contributed by atoms with Crippen molar-refractivity contribution in [1.29, 1.82) is 0 Å². The lowest BCUT2D eigenvalue weighted by molar-refractivity contribution is 0.360. The minimum atomic E-state index is -0.0986. The van der Waals surface area contributed by atoms with E-state index in [2.05, 4.69) is 116 Å². The number of fused-ring (bicyclic) bond motifs is 7. The molecule has 9 aromatic rings. The second kappa shape index (κ2) is 14.4. The van der Waals surface area contributed by atoms with Crippen LogP contribution in [0.15, 0.2) is 186 Å². The summed E-state index contributed by atoms with van der Waals surface area (Å²) in [4.78, 5) is 11.0. The van der Waals surface area contributed by atoms with Crippen LogP contribution in [-0.2, 0) is 0 Å². The Hall–Kier alpha value is -7.48. The lowest BCUT2D eigenvalue weighted by Crippen LogP contribution is -2.15. The highest BCUT2D eigenvalue weighted by atomic mass is 32.1. The second-order valence-corrected chi connectivity index (χ2v) is 16.8. The van der Waals surface area contributed by atoms with Crippen LogP contribution < -0.4 is 18.9 Å². The van der Waals surface area contributed by atoms with Crippen LogP contribution in [0.4, 0.5) is 0 Å². The quantitative estimate of drug-likeness (QED) is 0.174. The Morgan fingerprint density at radius 2 is 0.951 bits per heavy atom. The molecule has 1 unspecified atom stereocenters. The van der Waals surface area contributed by atoms with Gasteiger partial charge in [0.15, 0.2) is 51.8 Å². The summed E-state index contributed by atoms with van der Waals surface area (Å²) in [6.45, 7) is 2.28. The van der Waals surface area contributed by atoms with E-state index in [0.29, 0.717) is 46.0 Å². The summed E-state index contributed by atoms with van der Waals surface area (Å²) in [5, 5.41) is 2.56. The number of amidine groups is 1. The number of hydrogen-bond acceptors (Lipinski definition) is 7. The first kappa shape index (κ1) is 35.5. The monoisotopic (exact) mass is 808 g/mol. The molecule has 3 aliphatic heterocycles. The summed E-state index contributed by atoms with van der Waals surface area (Å²) < 4.78 is 27.9. The average Bonchev–Trinajstić information content (AvgIpc) is 3.59. The van der Waals surface area contributed by atoms with Gasteiger partial charge in [-0.25, -0.2) is 4.99 Å². The Bertz CT molecular complexity index is 3160. The van der Waals surface area contributed by atoms with Gasteiger partial charge in [-0.3, -0.25) is 4.99 Å². The molecule has 12 rings (SSSR count). The van der Waals surface area contributed by atoms with Crippen molar-refractivity contribution < 1.29 is 18.9 Å². The van der Waals surface area contributed by atoms with Crippen molar-refractivity contribution in [3.63, 3.8) is 0 Å². The molecule has 7 heteroatoms. The van der Waals surface area contributed by atoms with Gasteiger partial charge in [-0.1, -0.05) is 97.9 Å². The number of aliphatic imine (C=N–C) groups is 2. The van der Waals surface area contributed by atoms with E-state index >= 15 is 0 Å². The van der Waals surface area contributed by atoms with E-state index in [4.69, 9.17) is 28.9 Å². The van der Waals surface area contributed by atoms with Crippen LogP contribution in [0.25, 0.3) is 42.4 Å². The van der Waals surface area contributed by atoms with Gasteiger partial charge < -0.3 is 18.9 Å². The molecule has 2 atom stereocenters. The molecule has 61 heavy (non-hydrogen) atoms. The maximum Gasteiger partial charge on any atom is 0.170 e.